The molecule has 7 nitrogen and oxygen atoms in total. The van der Waals surface area contributed by atoms with Crippen molar-refractivity contribution in [3.05, 3.63) is 101 Å². The van der Waals surface area contributed by atoms with Crippen molar-refractivity contribution >= 4 is 17.4 Å². The Morgan fingerprint density at radius 1 is 0.941 bits per heavy atom. The lowest BCUT2D eigenvalue weighted by Gasteiger charge is -2.25. The molecular formula is C27H25NO6. The number of phenolic OH excluding ortho intramolecular Hbond substituents is 1. The number of rotatable bonds is 8. The van der Waals surface area contributed by atoms with E-state index >= 15 is 0 Å². The Morgan fingerprint density at radius 2 is 1.62 bits per heavy atom. The molecule has 1 saturated heterocycles. The second kappa shape index (κ2) is 10.2. The van der Waals surface area contributed by atoms with Gasteiger partial charge in [0.1, 0.15) is 23.9 Å². The van der Waals surface area contributed by atoms with E-state index in [0.29, 0.717) is 23.5 Å². The number of carbonyl (C=O) groups is 2. The number of methoxy groups -OCH3 is 1. The maximum absolute atomic E-state index is 12.9. The molecule has 4 rings (SSSR count). The number of benzene rings is 3. The lowest BCUT2D eigenvalue weighted by molar-refractivity contribution is -0.140. The molecule has 3 aromatic carbocycles. The molecule has 1 unspecified atom stereocenters. The van der Waals surface area contributed by atoms with Crippen LogP contribution in [-0.4, -0.2) is 47.1 Å². The van der Waals surface area contributed by atoms with Gasteiger partial charge in [0.25, 0.3) is 11.7 Å². The maximum Gasteiger partial charge on any atom is 0.295 e. The monoisotopic (exact) mass is 459 g/mol. The number of Topliss-reactive ketones (excluding diaryl/α,β-unsaturated/α-hetero) is 1. The average molecular weight is 459 g/mol. The smallest absolute Gasteiger partial charge is 0.295 e. The fourth-order valence-corrected chi connectivity index (χ4v) is 3.91. The van der Waals surface area contributed by atoms with Crippen molar-refractivity contribution in [2.45, 2.75) is 12.6 Å². The number of carbonyl (C=O) groups excluding carboxylic acids is 2. The molecule has 0 saturated carbocycles. The number of hydrogen-bond acceptors (Lipinski definition) is 6. The van der Waals surface area contributed by atoms with Crippen molar-refractivity contribution in [3.63, 3.8) is 0 Å². The summed E-state index contributed by atoms with van der Waals surface area (Å²) in [6, 6.07) is 21.8. The lowest BCUT2D eigenvalue weighted by Crippen LogP contribution is -2.32. The molecule has 0 spiro atoms. The zero-order valence-corrected chi connectivity index (χ0v) is 18.7. The van der Waals surface area contributed by atoms with Crippen LogP contribution in [0.5, 0.6) is 11.5 Å². The van der Waals surface area contributed by atoms with Crippen molar-refractivity contribution in [2.24, 2.45) is 0 Å². The number of phenols is 1. The van der Waals surface area contributed by atoms with Crippen LogP contribution in [0.25, 0.3) is 5.76 Å². The molecule has 0 bridgehead atoms. The van der Waals surface area contributed by atoms with E-state index in [1.165, 1.54) is 24.1 Å². The van der Waals surface area contributed by atoms with E-state index in [1.807, 2.05) is 30.3 Å². The molecular weight excluding hydrogens is 434 g/mol. The number of nitrogens with zero attached hydrogens (tertiary/aromatic N) is 1. The van der Waals surface area contributed by atoms with Crippen LogP contribution >= 0.6 is 0 Å². The van der Waals surface area contributed by atoms with Gasteiger partial charge in [0.15, 0.2) is 0 Å². The van der Waals surface area contributed by atoms with Crippen molar-refractivity contribution in [2.75, 3.05) is 20.3 Å². The zero-order valence-electron chi connectivity index (χ0n) is 18.7. The Bertz CT molecular complexity index is 1190. The van der Waals surface area contributed by atoms with Crippen LogP contribution < -0.4 is 4.74 Å². The van der Waals surface area contributed by atoms with Gasteiger partial charge < -0.3 is 24.6 Å². The normalized spacial score (nSPS) is 17.2. The van der Waals surface area contributed by atoms with E-state index in [-0.39, 0.29) is 30.2 Å². The highest BCUT2D eigenvalue weighted by atomic mass is 16.5. The third-order valence-electron chi connectivity index (χ3n) is 5.66. The van der Waals surface area contributed by atoms with Crippen LogP contribution in [-0.2, 0) is 20.9 Å². The summed E-state index contributed by atoms with van der Waals surface area (Å²) in [4.78, 5) is 27.1. The van der Waals surface area contributed by atoms with E-state index in [2.05, 4.69) is 0 Å². The number of ether oxygens (including phenoxy) is 2. The van der Waals surface area contributed by atoms with E-state index in [1.54, 1.807) is 36.4 Å². The van der Waals surface area contributed by atoms with Crippen LogP contribution in [0.15, 0.2) is 84.4 Å². The quantitative estimate of drug-likeness (QED) is 0.300. The number of hydrogen-bond donors (Lipinski definition) is 2. The third kappa shape index (κ3) is 4.79. The molecule has 0 aliphatic carbocycles. The number of aliphatic hydroxyl groups excluding tert-OH is 1. The van der Waals surface area contributed by atoms with Crippen LogP contribution in [0, 0.1) is 0 Å². The van der Waals surface area contributed by atoms with E-state index < -0.39 is 17.7 Å². The zero-order chi connectivity index (χ0) is 24.1. The van der Waals surface area contributed by atoms with Gasteiger partial charge in [-0.3, -0.25) is 9.59 Å². The minimum absolute atomic E-state index is 0.00949. The molecule has 0 radical (unpaired) electrons. The van der Waals surface area contributed by atoms with Crippen molar-refractivity contribution < 1.29 is 29.3 Å². The molecule has 0 aromatic heterocycles. The Kier molecular flexibility index (Phi) is 6.94. The summed E-state index contributed by atoms with van der Waals surface area (Å²) >= 11 is 0. The van der Waals surface area contributed by atoms with Gasteiger partial charge in [-0.05, 0) is 47.5 Å². The van der Waals surface area contributed by atoms with E-state index in [4.69, 9.17) is 9.47 Å². The van der Waals surface area contributed by atoms with Gasteiger partial charge in [-0.25, -0.2) is 0 Å². The fraction of sp³-hybridized carbons (Fsp3) is 0.185. The molecule has 2 N–H and O–H groups in total. The Morgan fingerprint density at radius 3 is 2.26 bits per heavy atom. The lowest BCUT2D eigenvalue weighted by atomic mass is 9.95. The molecule has 1 heterocycles. The van der Waals surface area contributed by atoms with Gasteiger partial charge in [0.05, 0.1) is 18.2 Å². The molecule has 1 aliphatic heterocycles. The van der Waals surface area contributed by atoms with Gasteiger partial charge >= 0.3 is 0 Å². The van der Waals surface area contributed by atoms with Crippen molar-refractivity contribution in [3.8, 4) is 11.5 Å². The largest absolute Gasteiger partial charge is 0.508 e. The second-order valence-corrected chi connectivity index (χ2v) is 7.88. The van der Waals surface area contributed by atoms with Gasteiger partial charge in [-0.15, -0.1) is 0 Å². The molecule has 7 heteroatoms. The Labute approximate surface area is 197 Å². The summed E-state index contributed by atoms with van der Waals surface area (Å²) in [5, 5.41) is 20.8. The topological polar surface area (TPSA) is 96.3 Å². The fourth-order valence-electron chi connectivity index (χ4n) is 3.91. The van der Waals surface area contributed by atoms with Gasteiger partial charge in [-0.2, -0.15) is 0 Å². The van der Waals surface area contributed by atoms with Crippen molar-refractivity contribution in [1.82, 2.24) is 4.90 Å². The first kappa shape index (κ1) is 23.1. The van der Waals surface area contributed by atoms with Crippen LogP contribution in [0.2, 0.25) is 0 Å². The number of amides is 1. The van der Waals surface area contributed by atoms with Crippen LogP contribution in [0.4, 0.5) is 0 Å². The molecule has 3 aromatic rings. The second-order valence-electron chi connectivity index (χ2n) is 7.88. The predicted octanol–water partition coefficient (Wildman–Crippen LogP) is 4.04. The molecule has 1 fully saturated rings. The van der Waals surface area contributed by atoms with Crippen molar-refractivity contribution in [1.29, 1.82) is 0 Å². The molecule has 1 amide bonds. The molecule has 1 aliphatic rings. The summed E-state index contributed by atoms with van der Waals surface area (Å²) in [5.41, 5.74) is 2.00. The first-order chi connectivity index (χ1) is 16.5. The summed E-state index contributed by atoms with van der Waals surface area (Å²) in [5.74, 6) is -1.08. The number of aromatic hydroxyl groups is 1. The van der Waals surface area contributed by atoms with Crippen LogP contribution in [0.3, 0.4) is 0 Å². The molecule has 34 heavy (non-hydrogen) atoms. The van der Waals surface area contributed by atoms with E-state index in [9.17, 15) is 19.8 Å². The highest BCUT2D eigenvalue weighted by Gasteiger charge is 2.45. The average Bonchev–Trinajstić information content (AvgIpc) is 3.12. The number of likely N-dealkylation sites (tertiary alicyclic amines) is 1. The van der Waals surface area contributed by atoms with Gasteiger partial charge in [-0.1, -0.05) is 42.5 Å². The summed E-state index contributed by atoms with van der Waals surface area (Å²) in [7, 11) is 1.51. The first-order valence-electron chi connectivity index (χ1n) is 10.8. The highest BCUT2D eigenvalue weighted by Crippen LogP contribution is 2.39. The van der Waals surface area contributed by atoms with Crippen LogP contribution in [0.1, 0.15) is 22.7 Å². The Hall–Kier alpha value is -4.10. The number of aliphatic hydroxyl groups is 1. The summed E-state index contributed by atoms with van der Waals surface area (Å²) < 4.78 is 10.9. The van der Waals surface area contributed by atoms with Gasteiger partial charge in [0, 0.05) is 19.2 Å². The summed E-state index contributed by atoms with van der Waals surface area (Å²) in [6.07, 6.45) is 0. The summed E-state index contributed by atoms with van der Waals surface area (Å²) in [6.45, 7) is 0.808. The third-order valence-corrected chi connectivity index (χ3v) is 5.66. The first-order valence-corrected chi connectivity index (χ1v) is 10.8. The predicted molar refractivity (Wildman–Crippen MR) is 126 cm³/mol. The highest BCUT2D eigenvalue weighted by molar-refractivity contribution is 6.46. The number of ketones is 1. The maximum atomic E-state index is 12.9. The standard InChI is InChI=1S/C27H25NO6/c1-33-16-15-28-24(19-7-11-21(29)12-8-19)23(26(31)27(28)32)25(30)20-9-13-22(14-10-20)34-17-18-5-3-2-4-6-18/h2-14,24,29-30H,15-17H2,1H3/b25-23-. The minimum Gasteiger partial charge on any atom is -0.508 e. The molecule has 1 atom stereocenters. The SMILES string of the molecule is COCCN1C(=O)C(=O)/C(=C(\O)c2ccc(OCc3ccccc3)cc2)C1c1ccc(O)cc1. The Balaban J connectivity index is 1.65. The van der Waals surface area contributed by atoms with E-state index in [0.717, 1.165) is 5.56 Å². The minimum atomic E-state index is -0.801. The molecule has 174 valence electrons. The van der Waals surface area contributed by atoms with Gasteiger partial charge in [0.2, 0.25) is 0 Å².